The Bertz CT molecular complexity index is 422. The highest BCUT2D eigenvalue weighted by molar-refractivity contribution is 7.28. The monoisotopic (exact) mass is 164 g/mol. The molecule has 0 saturated heterocycles. The summed E-state index contributed by atoms with van der Waals surface area (Å²) in [7, 11) is -0.211. The molecule has 0 amide bonds. The van der Waals surface area contributed by atoms with Crippen molar-refractivity contribution in [3.05, 3.63) is 44.2 Å². The van der Waals surface area contributed by atoms with Crippen molar-refractivity contribution in [1.29, 1.82) is 0 Å². The van der Waals surface area contributed by atoms with Crippen LogP contribution in [0.5, 0.6) is 0 Å². The van der Waals surface area contributed by atoms with Gasteiger partial charge in [0.1, 0.15) is 0 Å². The first-order chi connectivity index (χ1) is 5.27. The number of rotatable bonds is 0. The SMILES string of the molecule is O=c1[pH]c(=O)c2ccc1cc2. The Labute approximate surface area is 63.9 Å². The van der Waals surface area contributed by atoms with Crippen molar-refractivity contribution in [2.24, 2.45) is 0 Å². The highest BCUT2D eigenvalue weighted by atomic mass is 31.0. The van der Waals surface area contributed by atoms with Crippen molar-refractivity contribution in [2.75, 3.05) is 0 Å². The van der Waals surface area contributed by atoms with Crippen LogP contribution in [0.3, 0.4) is 0 Å². The van der Waals surface area contributed by atoms with E-state index in [4.69, 9.17) is 0 Å². The van der Waals surface area contributed by atoms with Crippen LogP contribution < -0.4 is 10.3 Å². The van der Waals surface area contributed by atoms with Crippen LogP contribution in [-0.2, 0) is 0 Å². The zero-order valence-electron chi connectivity index (χ0n) is 5.63. The molecule has 0 saturated carbocycles. The minimum Gasteiger partial charge on any atom is -0.285 e. The summed E-state index contributed by atoms with van der Waals surface area (Å²) < 4.78 is 0. The second-order valence-electron chi connectivity index (χ2n) is 2.36. The van der Waals surface area contributed by atoms with Gasteiger partial charge in [-0.15, -0.1) is 0 Å². The van der Waals surface area contributed by atoms with Gasteiger partial charge in [-0.25, -0.2) is 0 Å². The molecule has 2 bridgehead atoms. The molecule has 0 aliphatic rings. The fourth-order valence-corrected chi connectivity index (χ4v) is 1.85. The molecule has 2 heterocycles. The topological polar surface area (TPSA) is 34.1 Å². The molecular weight excluding hydrogens is 159 g/mol. The summed E-state index contributed by atoms with van der Waals surface area (Å²) in [6, 6.07) is 6.82. The number of hydrogen-bond donors (Lipinski definition) is 0. The molecule has 0 radical (unpaired) electrons. The minimum atomic E-state index is -0.211. The lowest BCUT2D eigenvalue weighted by atomic mass is 10.2. The van der Waals surface area contributed by atoms with Crippen molar-refractivity contribution < 1.29 is 0 Å². The summed E-state index contributed by atoms with van der Waals surface area (Å²) in [4.78, 5) is 22.2. The first-order valence-corrected chi connectivity index (χ1v) is 4.23. The fourth-order valence-electron chi connectivity index (χ4n) is 1.02. The van der Waals surface area contributed by atoms with E-state index in [1.54, 1.807) is 24.3 Å². The smallest absolute Gasteiger partial charge is 0.204 e. The quantitative estimate of drug-likeness (QED) is 0.582. The Morgan fingerprint density at radius 2 is 1.18 bits per heavy atom. The number of hydrogen-bond acceptors (Lipinski definition) is 2. The average molecular weight is 164 g/mol. The van der Waals surface area contributed by atoms with Gasteiger partial charge >= 0.3 is 0 Å². The molecule has 1 aromatic carbocycles. The lowest BCUT2D eigenvalue weighted by molar-refractivity contribution is 1.81. The Kier molecular flexibility index (Phi) is 1.30. The van der Waals surface area contributed by atoms with E-state index >= 15 is 0 Å². The standard InChI is InChI=1S/C8H5O2P/c9-7-5-1-2-6(4-3-5)8(10)11-7/h1-4,11H. The van der Waals surface area contributed by atoms with E-state index in [9.17, 15) is 9.59 Å². The summed E-state index contributed by atoms with van der Waals surface area (Å²) >= 11 is 0. The number of fused-ring (bicyclic) bond motifs is 4. The molecular formula is C8H5O2P. The molecule has 0 aliphatic carbocycles. The molecule has 2 aromatic heterocycles. The lowest BCUT2D eigenvalue weighted by Crippen LogP contribution is -1.92. The van der Waals surface area contributed by atoms with E-state index in [2.05, 4.69) is 0 Å². The normalized spacial score (nSPS) is 10.5. The maximum Gasteiger partial charge on any atom is 0.204 e. The Morgan fingerprint density at radius 3 is 1.55 bits per heavy atom. The zero-order valence-corrected chi connectivity index (χ0v) is 6.63. The van der Waals surface area contributed by atoms with Crippen molar-refractivity contribution in [2.45, 2.75) is 0 Å². The molecule has 11 heavy (non-hydrogen) atoms. The van der Waals surface area contributed by atoms with Crippen LogP contribution in [0.1, 0.15) is 0 Å². The highest BCUT2D eigenvalue weighted by Crippen LogP contribution is 2.03. The summed E-state index contributed by atoms with van der Waals surface area (Å²) in [5.74, 6) is 0. The van der Waals surface area contributed by atoms with Crippen LogP contribution in [-0.4, -0.2) is 0 Å². The summed E-state index contributed by atoms with van der Waals surface area (Å²) in [5, 5.41) is 1.21. The van der Waals surface area contributed by atoms with Gasteiger partial charge in [0.15, 0.2) is 0 Å². The van der Waals surface area contributed by atoms with Crippen LogP contribution in [0.25, 0.3) is 10.8 Å². The van der Waals surface area contributed by atoms with Crippen LogP contribution in [0.4, 0.5) is 0 Å². The summed E-state index contributed by atoms with van der Waals surface area (Å²) in [5.41, 5.74) is 0. The second-order valence-corrected chi connectivity index (χ2v) is 3.52. The second kappa shape index (κ2) is 2.18. The molecule has 0 fully saturated rings. The third kappa shape index (κ3) is 0.958. The predicted octanol–water partition coefficient (Wildman–Crippen LogP) is 1.03. The molecule has 3 aromatic rings. The van der Waals surface area contributed by atoms with Gasteiger partial charge in [-0.2, -0.15) is 0 Å². The van der Waals surface area contributed by atoms with Gasteiger partial charge in [0, 0.05) is 10.8 Å². The fraction of sp³-hybridized carbons (Fsp3) is 0. The van der Waals surface area contributed by atoms with Crippen molar-refractivity contribution in [3.8, 4) is 0 Å². The van der Waals surface area contributed by atoms with Crippen LogP contribution in [0.15, 0.2) is 33.9 Å². The van der Waals surface area contributed by atoms with Gasteiger partial charge in [0.05, 0.1) is 0 Å². The van der Waals surface area contributed by atoms with Crippen molar-refractivity contribution in [3.63, 3.8) is 0 Å². The van der Waals surface area contributed by atoms with E-state index in [1.165, 1.54) is 0 Å². The molecule has 3 rings (SSSR count). The molecule has 3 heteroatoms. The third-order valence-corrected chi connectivity index (χ3v) is 2.67. The van der Waals surface area contributed by atoms with Crippen LogP contribution in [0, 0.1) is 0 Å². The minimum absolute atomic E-state index is 0.0463. The van der Waals surface area contributed by atoms with E-state index in [-0.39, 0.29) is 18.5 Å². The average Bonchev–Trinajstić information content (AvgIpc) is 2.22. The van der Waals surface area contributed by atoms with Crippen LogP contribution >= 0.6 is 8.19 Å². The molecule has 0 aliphatic heterocycles. The van der Waals surface area contributed by atoms with Crippen LogP contribution in [0.2, 0.25) is 0 Å². The molecule has 2 nitrogen and oxygen atoms in total. The maximum absolute atomic E-state index is 11.1. The summed E-state index contributed by atoms with van der Waals surface area (Å²) in [6.45, 7) is 0. The van der Waals surface area contributed by atoms with Gasteiger partial charge in [-0.1, -0.05) is 0 Å². The molecule has 0 unspecified atom stereocenters. The maximum atomic E-state index is 11.1. The first-order valence-electron chi connectivity index (χ1n) is 3.23. The van der Waals surface area contributed by atoms with E-state index < -0.39 is 0 Å². The third-order valence-electron chi connectivity index (χ3n) is 1.64. The van der Waals surface area contributed by atoms with Gasteiger partial charge in [0.25, 0.3) is 0 Å². The van der Waals surface area contributed by atoms with Crippen molar-refractivity contribution >= 4 is 19.0 Å². The first kappa shape index (κ1) is 6.56. The molecule has 0 atom stereocenters. The van der Waals surface area contributed by atoms with Gasteiger partial charge in [-0.05, 0) is 32.5 Å². The van der Waals surface area contributed by atoms with Crippen molar-refractivity contribution in [1.82, 2.24) is 0 Å². The Balaban J connectivity index is 3.27. The predicted molar refractivity (Wildman–Crippen MR) is 47.2 cm³/mol. The summed E-state index contributed by atoms with van der Waals surface area (Å²) in [6.07, 6.45) is 0. The number of benzene rings is 1. The molecule has 0 spiro atoms. The zero-order chi connectivity index (χ0) is 7.84. The van der Waals surface area contributed by atoms with E-state index in [1.807, 2.05) is 0 Å². The molecule has 54 valence electrons. The van der Waals surface area contributed by atoms with Gasteiger partial charge in [0.2, 0.25) is 10.3 Å². The van der Waals surface area contributed by atoms with Gasteiger partial charge < -0.3 is 0 Å². The largest absolute Gasteiger partial charge is 0.285 e. The Morgan fingerprint density at radius 1 is 0.818 bits per heavy atom. The van der Waals surface area contributed by atoms with Gasteiger partial charge in [-0.3, -0.25) is 9.59 Å². The lowest BCUT2D eigenvalue weighted by Gasteiger charge is -1.80. The Hall–Kier alpha value is -1.14. The van der Waals surface area contributed by atoms with E-state index in [0.717, 1.165) is 0 Å². The highest BCUT2D eigenvalue weighted by Gasteiger charge is 1.95. The molecule has 0 N–H and O–H groups in total. The van der Waals surface area contributed by atoms with E-state index in [0.29, 0.717) is 10.8 Å².